The molecule has 0 atom stereocenters. The number of carbonyl (C=O) groups excluding carboxylic acids is 2. The maximum absolute atomic E-state index is 14.2. The lowest BCUT2D eigenvalue weighted by Gasteiger charge is -2.39. The molecule has 3 aromatic carbocycles. The van der Waals surface area contributed by atoms with Gasteiger partial charge in [0.2, 0.25) is 5.88 Å². The van der Waals surface area contributed by atoms with Crippen molar-refractivity contribution in [1.29, 1.82) is 0 Å². The van der Waals surface area contributed by atoms with E-state index in [9.17, 15) is 28.1 Å². The topological polar surface area (TPSA) is 183 Å². The first-order chi connectivity index (χ1) is 28.7. The lowest BCUT2D eigenvalue weighted by molar-refractivity contribution is -0.385. The third-order valence-electron chi connectivity index (χ3n) is 12.0. The van der Waals surface area contributed by atoms with E-state index in [1.165, 1.54) is 16.7 Å². The van der Waals surface area contributed by atoms with E-state index in [4.69, 9.17) is 16.3 Å². The number of aromatic amines is 1. The minimum Gasteiger partial charge on any atom is -0.474 e. The second-order valence-electron chi connectivity index (χ2n) is 16.5. The van der Waals surface area contributed by atoms with E-state index in [0.29, 0.717) is 29.4 Å². The molecule has 5 aromatic rings. The molecule has 0 saturated carbocycles. The summed E-state index contributed by atoms with van der Waals surface area (Å²) >= 11 is 6.25. The number of sulfonamides is 1. The number of piperazine rings is 1. The van der Waals surface area contributed by atoms with Gasteiger partial charge in [-0.1, -0.05) is 43.2 Å². The fraction of sp³-hybridized carbons (Fsp3) is 0.326. The summed E-state index contributed by atoms with van der Waals surface area (Å²) in [7, 11) is -4.69. The van der Waals surface area contributed by atoms with Crippen LogP contribution in [-0.4, -0.2) is 85.9 Å². The smallest absolute Gasteiger partial charge is 0.276 e. The Labute approximate surface area is 351 Å². The van der Waals surface area contributed by atoms with Gasteiger partial charge in [0.25, 0.3) is 27.5 Å². The minimum absolute atomic E-state index is 0.0540. The molecular weight excluding hydrogens is 808 g/mol. The van der Waals surface area contributed by atoms with E-state index in [1.54, 1.807) is 12.3 Å². The number of anilines is 3. The second kappa shape index (κ2) is 15.2. The van der Waals surface area contributed by atoms with Gasteiger partial charge < -0.3 is 24.8 Å². The van der Waals surface area contributed by atoms with Gasteiger partial charge in [-0.15, -0.1) is 0 Å². The number of hydrogen-bond donors (Lipinski definition) is 3. The largest absolute Gasteiger partial charge is 0.474 e. The van der Waals surface area contributed by atoms with Crippen molar-refractivity contribution in [2.24, 2.45) is 5.41 Å². The standard InChI is InChI=1S/C43H43ClN8O7S/c1-43(2)11-9-28(34(23-43)26-3-5-29(44)6-4-26)25-49-13-15-50(16-14-49)30-7-8-32(36(20-30)51-17-18-59-42-38(51)19-27-10-12-45-39(27)47-42)41(54)48-60(57,58)31-21-33-35(24-46-40(33)53)37(22-31)52(55)56/h3-8,10,12,19-22H,9,11,13-18,23-25H2,1-2H3,(H,45,47)(H,46,53)(H,48,54). The van der Waals surface area contributed by atoms with Crippen molar-refractivity contribution < 1.29 is 27.7 Å². The van der Waals surface area contributed by atoms with Gasteiger partial charge in [-0.25, -0.2) is 13.1 Å². The summed E-state index contributed by atoms with van der Waals surface area (Å²) < 4.78 is 35.6. The molecular formula is C43H43ClN8O7S. The van der Waals surface area contributed by atoms with Gasteiger partial charge in [0.15, 0.2) is 0 Å². The maximum atomic E-state index is 14.2. The molecule has 1 saturated heterocycles. The Balaban J connectivity index is 1.01. The number of pyridine rings is 1. The zero-order valence-corrected chi connectivity index (χ0v) is 34.7. The molecule has 9 rings (SSSR count). The van der Waals surface area contributed by atoms with E-state index in [-0.39, 0.29) is 35.3 Å². The Hall–Kier alpha value is -5.97. The van der Waals surface area contributed by atoms with Crippen LogP contribution in [0.2, 0.25) is 5.02 Å². The third-order valence-corrected chi connectivity index (χ3v) is 13.5. The number of halogens is 1. The number of allylic oxidation sites excluding steroid dienone is 1. The molecule has 60 heavy (non-hydrogen) atoms. The third kappa shape index (κ3) is 7.54. The molecule has 17 heteroatoms. The maximum Gasteiger partial charge on any atom is 0.276 e. The number of nitrogens with zero attached hydrogens (tertiary/aromatic N) is 5. The molecule has 4 aliphatic rings. The lowest BCUT2D eigenvalue weighted by Crippen LogP contribution is -2.47. The van der Waals surface area contributed by atoms with Crippen LogP contribution in [0.25, 0.3) is 16.6 Å². The van der Waals surface area contributed by atoms with Crippen LogP contribution in [0.3, 0.4) is 0 Å². The number of rotatable bonds is 9. The molecule has 0 unspecified atom stereocenters. The first-order valence-electron chi connectivity index (χ1n) is 19.9. The predicted octanol–water partition coefficient (Wildman–Crippen LogP) is 6.80. The van der Waals surface area contributed by atoms with Crippen molar-refractivity contribution in [3.63, 3.8) is 0 Å². The normalized spacial score (nSPS) is 17.9. The number of carbonyl (C=O) groups is 2. The van der Waals surface area contributed by atoms with E-state index >= 15 is 0 Å². The number of nitro benzene ring substituents is 1. The van der Waals surface area contributed by atoms with E-state index in [1.807, 2.05) is 41.3 Å². The first-order valence-corrected chi connectivity index (χ1v) is 21.7. The zero-order chi connectivity index (χ0) is 41.9. The number of ether oxygens (including phenoxy) is 1. The van der Waals surface area contributed by atoms with Gasteiger partial charge in [-0.2, -0.15) is 4.98 Å². The van der Waals surface area contributed by atoms with Crippen LogP contribution in [-0.2, 0) is 16.6 Å². The van der Waals surface area contributed by atoms with Crippen LogP contribution in [0.5, 0.6) is 5.88 Å². The van der Waals surface area contributed by atoms with Gasteiger partial charge in [-0.3, -0.25) is 24.6 Å². The van der Waals surface area contributed by atoms with Gasteiger partial charge in [0.05, 0.1) is 45.3 Å². The SMILES string of the molecule is CC1(C)CCC(CN2CCN(c3ccc(C(=O)NS(=O)(=O)c4cc5c(c([N+](=O)[O-])c4)CNC5=O)c(N4CCOc5nc6[nH]ccc6cc54)c3)CC2)=C(c2ccc(Cl)cc2)C1. The van der Waals surface area contributed by atoms with Gasteiger partial charge in [0.1, 0.15) is 17.9 Å². The number of H-pyrrole nitrogens is 1. The summed E-state index contributed by atoms with van der Waals surface area (Å²) in [4.78, 5) is 51.6. The second-order valence-corrected chi connectivity index (χ2v) is 18.6. The Kier molecular flexibility index (Phi) is 10.0. The Morgan fingerprint density at radius 2 is 1.80 bits per heavy atom. The number of nitro groups is 1. The van der Waals surface area contributed by atoms with Gasteiger partial charge in [-0.05, 0) is 84.3 Å². The fourth-order valence-electron chi connectivity index (χ4n) is 8.72. The number of hydrogen-bond acceptors (Lipinski definition) is 11. The van der Waals surface area contributed by atoms with Crippen molar-refractivity contribution in [3.8, 4) is 5.88 Å². The van der Waals surface area contributed by atoms with Gasteiger partial charge >= 0.3 is 0 Å². The van der Waals surface area contributed by atoms with Crippen LogP contribution in [0.4, 0.5) is 22.7 Å². The highest BCUT2D eigenvalue weighted by molar-refractivity contribution is 7.90. The average Bonchev–Trinajstić information content (AvgIpc) is 3.85. The molecule has 5 heterocycles. The highest BCUT2D eigenvalue weighted by Crippen LogP contribution is 2.44. The van der Waals surface area contributed by atoms with Crippen molar-refractivity contribution in [1.82, 2.24) is 24.9 Å². The van der Waals surface area contributed by atoms with Gasteiger partial charge in [0, 0.05) is 61.1 Å². The molecule has 1 fully saturated rings. The van der Waals surface area contributed by atoms with Crippen LogP contribution in [0.1, 0.15) is 65.0 Å². The first kappa shape index (κ1) is 39.5. The van der Waals surface area contributed by atoms with Crippen molar-refractivity contribution in [2.75, 3.05) is 55.7 Å². The van der Waals surface area contributed by atoms with Crippen LogP contribution in [0, 0.1) is 15.5 Å². The average molecular weight is 851 g/mol. The fourth-order valence-corrected chi connectivity index (χ4v) is 9.86. The summed E-state index contributed by atoms with van der Waals surface area (Å²) in [6, 6.07) is 19.2. The molecule has 0 bridgehead atoms. The van der Waals surface area contributed by atoms with Crippen LogP contribution < -0.4 is 24.6 Å². The van der Waals surface area contributed by atoms with E-state index in [2.05, 4.69) is 55.8 Å². The van der Waals surface area contributed by atoms with E-state index in [0.717, 1.165) is 80.2 Å². The Morgan fingerprint density at radius 1 is 1.02 bits per heavy atom. The van der Waals surface area contributed by atoms with Crippen molar-refractivity contribution in [3.05, 3.63) is 116 Å². The quantitative estimate of drug-likeness (QED) is 0.105. The number of amides is 2. The minimum atomic E-state index is -4.69. The monoisotopic (exact) mass is 850 g/mol. The molecule has 1 aliphatic carbocycles. The Bertz CT molecular complexity index is 2730. The molecule has 2 aromatic heterocycles. The summed E-state index contributed by atoms with van der Waals surface area (Å²) in [5.74, 6) is -1.22. The van der Waals surface area contributed by atoms with Crippen molar-refractivity contribution in [2.45, 2.75) is 44.6 Å². The summed E-state index contributed by atoms with van der Waals surface area (Å²) in [5, 5.41) is 15.9. The van der Waals surface area contributed by atoms with Crippen LogP contribution in [0.15, 0.2) is 83.4 Å². The molecule has 0 spiro atoms. The highest BCUT2D eigenvalue weighted by atomic mass is 35.5. The number of aromatic nitrogens is 2. The van der Waals surface area contributed by atoms with Crippen molar-refractivity contribution >= 4 is 72.8 Å². The summed E-state index contributed by atoms with van der Waals surface area (Å²) in [5.41, 5.74) is 6.33. The molecule has 15 nitrogen and oxygen atoms in total. The Morgan fingerprint density at radius 3 is 2.57 bits per heavy atom. The number of fused-ring (bicyclic) bond motifs is 3. The lowest BCUT2D eigenvalue weighted by atomic mass is 9.72. The number of benzene rings is 3. The molecule has 310 valence electrons. The zero-order valence-electron chi connectivity index (χ0n) is 33.1. The van der Waals surface area contributed by atoms with E-state index < -0.39 is 37.3 Å². The molecule has 3 N–H and O–H groups in total. The highest BCUT2D eigenvalue weighted by Gasteiger charge is 2.34. The molecule has 3 aliphatic heterocycles. The number of nitrogens with one attached hydrogen (secondary N) is 3. The summed E-state index contributed by atoms with van der Waals surface area (Å²) in [6.45, 7) is 9.11. The molecule has 2 amide bonds. The van der Waals surface area contributed by atoms with Crippen LogP contribution >= 0.6 is 11.6 Å². The molecule has 0 radical (unpaired) electrons. The predicted molar refractivity (Wildman–Crippen MR) is 229 cm³/mol. The summed E-state index contributed by atoms with van der Waals surface area (Å²) in [6.07, 6.45) is 4.95.